The first kappa shape index (κ1) is 26.7. The summed E-state index contributed by atoms with van der Waals surface area (Å²) in [6.07, 6.45) is 10.1. The van der Waals surface area contributed by atoms with E-state index in [1.807, 2.05) is 11.0 Å². The van der Waals surface area contributed by atoms with Crippen LogP contribution in [0.2, 0.25) is 0 Å². The van der Waals surface area contributed by atoms with Crippen molar-refractivity contribution < 1.29 is 18.8 Å². The fraction of sp³-hybridized carbons (Fsp3) is 0.500. The van der Waals surface area contributed by atoms with E-state index in [1.165, 1.54) is 12.1 Å². The number of amides is 3. The van der Waals surface area contributed by atoms with Crippen LogP contribution >= 0.6 is 0 Å². The van der Waals surface area contributed by atoms with Crippen LogP contribution in [-0.4, -0.2) is 53.3 Å². The third-order valence-corrected chi connectivity index (χ3v) is 7.76. The molecule has 4 N–H and O–H groups in total. The first-order valence-corrected chi connectivity index (χ1v) is 13.1. The van der Waals surface area contributed by atoms with Crippen LogP contribution in [0.3, 0.4) is 0 Å². The Kier molecular flexibility index (Phi) is 8.53. The Morgan fingerprint density at radius 1 is 1.05 bits per heavy atom. The number of likely N-dealkylation sites (N-methyl/N-ethyl adjacent to an activating group) is 1. The third-order valence-electron chi connectivity index (χ3n) is 7.76. The number of rotatable bonds is 8. The quantitative estimate of drug-likeness (QED) is 0.505. The van der Waals surface area contributed by atoms with E-state index in [9.17, 15) is 18.8 Å². The van der Waals surface area contributed by atoms with Crippen LogP contribution in [0, 0.1) is 11.7 Å². The fourth-order valence-corrected chi connectivity index (χ4v) is 5.51. The molecule has 198 valence electrons. The monoisotopic (exact) mass is 509 g/mol. The highest BCUT2D eigenvalue weighted by Gasteiger charge is 2.39. The minimum atomic E-state index is -0.834. The molecule has 2 fully saturated rings. The smallest absolute Gasteiger partial charge is 0.251 e. The third kappa shape index (κ3) is 5.98. The van der Waals surface area contributed by atoms with Gasteiger partial charge in [-0.3, -0.25) is 19.4 Å². The molecule has 37 heavy (non-hydrogen) atoms. The molecule has 2 aliphatic rings. The molecule has 3 amide bonds. The van der Waals surface area contributed by atoms with Crippen molar-refractivity contribution in [2.75, 3.05) is 13.6 Å². The largest absolute Gasteiger partial charge is 0.366 e. The Hall–Kier alpha value is -3.33. The highest BCUT2D eigenvalue weighted by molar-refractivity contribution is 5.94. The Morgan fingerprint density at radius 2 is 1.81 bits per heavy atom. The highest BCUT2D eigenvalue weighted by atomic mass is 19.1. The van der Waals surface area contributed by atoms with Gasteiger partial charge in [-0.15, -0.1) is 0 Å². The van der Waals surface area contributed by atoms with E-state index in [-0.39, 0.29) is 29.3 Å². The summed E-state index contributed by atoms with van der Waals surface area (Å²) in [6, 6.07) is 5.02. The van der Waals surface area contributed by atoms with Gasteiger partial charge in [-0.05, 0) is 74.9 Å². The zero-order valence-corrected chi connectivity index (χ0v) is 21.5. The zero-order valence-electron chi connectivity index (χ0n) is 21.5. The second-order valence-corrected chi connectivity index (χ2v) is 10.2. The number of hydrogen-bond acceptors (Lipinski definition) is 5. The molecule has 9 heteroatoms. The maximum atomic E-state index is 14.0. The van der Waals surface area contributed by atoms with Gasteiger partial charge in [0.1, 0.15) is 11.9 Å². The van der Waals surface area contributed by atoms with Crippen LogP contribution in [0.1, 0.15) is 73.8 Å². The first-order chi connectivity index (χ1) is 17.8. The molecule has 1 aliphatic heterocycles. The molecule has 8 nitrogen and oxygen atoms in total. The van der Waals surface area contributed by atoms with Crippen molar-refractivity contribution in [3.63, 3.8) is 0 Å². The molecule has 1 aliphatic carbocycles. The number of carbonyl (C=O) groups excluding carboxylic acids is 3. The van der Waals surface area contributed by atoms with Gasteiger partial charge < -0.3 is 21.3 Å². The predicted molar refractivity (Wildman–Crippen MR) is 139 cm³/mol. The lowest BCUT2D eigenvalue weighted by Crippen LogP contribution is -2.55. The van der Waals surface area contributed by atoms with Crippen LogP contribution < -0.4 is 16.4 Å². The molecule has 0 unspecified atom stereocenters. The number of likely N-dealkylation sites (tertiary alicyclic amines) is 1. The lowest BCUT2D eigenvalue weighted by atomic mass is 9.83. The molecule has 2 aromatic rings. The molecule has 2 heterocycles. The van der Waals surface area contributed by atoms with Crippen LogP contribution in [0.5, 0.6) is 0 Å². The number of primary amides is 1. The molecule has 1 aromatic carbocycles. The van der Waals surface area contributed by atoms with Crippen molar-refractivity contribution in [1.29, 1.82) is 0 Å². The summed E-state index contributed by atoms with van der Waals surface area (Å²) >= 11 is 0. The van der Waals surface area contributed by atoms with E-state index in [0.717, 1.165) is 50.5 Å². The molecular weight excluding hydrogens is 473 g/mol. The van der Waals surface area contributed by atoms with Gasteiger partial charge in [-0.2, -0.15) is 0 Å². The minimum Gasteiger partial charge on any atom is -0.366 e. The maximum Gasteiger partial charge on any atom is 0.251 e. The minimum absolute atomic E-state index is 0.0470. The van der Waals surface area contributed by atoms with Gasteiger partial charge in [0, 0.05) is 24.5 Å². The van der Waals surface area contributed by atoms with Crippen LogP contribution in [0.25, 0.3) is 11.1 Å². The highest BCUT2D eigenvalue weighted by Crippen LogP contribution is 2.36. The molecule has 3 atom stereocenters. The molecule has 0 spiro atoms. The summed E-state index contributed by atoms with van der Waals surface area (Å²) in [6.45, 7) is 2.39. The Morgan fingerprint density at radius 3 is 2.51 bits per heavy atom. The summed E-state index contributed by atoms with van der Waals surface area (Å²) in [5.74, 6) is -1.61. The number of hydrogen-bond donors (Lipinski definition) is 3. The lowest BCUT2D eigenvalue weighted by molar-refractivity contribution is -0.139. The SMILES string of the molecule is CN[C@@H](C)C(=O)N[C@H](C(=O)N1CCC[C@H]1c1cncc(-c2ccc(F)c(C(N)=O)c2)c1)C1CCCCC1. The fourth-order valence-electron chi connectivity index (χ4n) is 5.51. The topological polar surface area (TPSA) is 117 Å². The van der Waals surface area contributed by atoms with Gasteiger partial charge in [0.15, 0.2) is 0 Å². The number of benzene rings is 1. The standard InChI is InChI=1S/C28H36FN5O3/c1-17(31-2)27(36)33-25(18-7-4-3-5-8-18)28(37)34-12-6-9-24(34)21-13-20(15-32-16-21)19-10-11-23(29)22(14-19)26(30)35/h10-11,13-18,24-25,31H,3-9,12H2,1-2H3,(H2,30,35)(H,33,36)/t17-,24-,25-/m0/s1. The number of aromatic nitrogens is 1. The van der Waals surface area contributed by atoms with Gasteiger partial charge in [0.2, 0.25) is 11.8 Å². The first-order valence-electron chi connectivity index (χ1n) is 13.1. The van der Waals surface area contributed by atoms with Crippen molar-refractivity contribution in [2.45, 2.75) is 70.0 Å². The van der Waals surface area contributed by atoms with Crippen molar-refractivity contribution in [3.05, 3.63) is 53.6 Å². The average molecular weight is 510 g/mol. The second kappa shape index (κ2) is 11.8. The van der Waals surface area contributed by atoms with Gasteiger partial charge in [-0.1, -0.05) is 25.3 Å². The predicted octanol–water partition coefficient (Wildman–Crippen LogP) is 3.32. The van der Waals surface area contributed by atoms with E-state index in [2.05, 4.69) is 15.6 Å². The van der Waals surface area contributed by atoms with Crippen LogP contribution in [0.4, 0.5) is 4.39 Å². The Bertz CT molecular complexity index is 1150. The van der Waals surface area contributed by atoms with Gasteiger partial charge >= 0.3 is 0 Å². The Balaban J connectivity index is 1.60. The number of nitrogens with one attached hydrogen (secondary N) is 2. The number of nitrogens with zero attached hydrogens (tertiary/aromatic N) is 2. The van der Waals surface area contributed by atoms with Crippen molar-refractivity contribution >= 4 is 17.7 Å². The maximum absolute atomic E-state index is 14.0. The van der Waals surface area contributed by atoms with Crippen LogP contribution in [0.15, 0.2) is 36.7 Å². The molecule has 1 saturated heterocycles. The normalized spacial score (nSPS) is 19.9. The van der Waals surface area contributed by atoms with Crippen molar-refractivity contribution in [2.24, 2.45) is 11.7 Å². The number of pyridine rings is 1. The van der Waals surface area contributed by atoms with E-state index in [0.29, 0.717) is 17.7 Å². The Labute approximate surface area is 217 Å². The second-order valence-electron chi connectivity index (χ2n) is 10.2. The number of nitrogens with two attached hydrogens (primary N) is 1. The molecule has 0 radical (unpaired) electrons. The van der Waals surface area contributed by atoms with E-state index in [1.54, 1.807) is 32.4 Å². The van der Waals surface area contributed by atoms with E-state index < -0.39 is 23.8 Å². The van der Waals surface area contributed by atoms with E-state index in [4.69, 9.17) is 5.73 Å². The summed E-state index contributed by atoms with van der Waals surface area (Å²) in [5, 5.41) is 6.01. The van der Waals surface area contributed by atoms with E-state index >= 15 is 0 Å². The number of halogens is 1. The van der Waals surface area contributed by atoms with Crippen molar-refractivity contribution in [1.82, 2.24) is 20.5 Å². The molecule has 0 bridgehead atoms. The lowest BCUT2D eigenvalue weighted by Gasteiger charge is -2.35. The van der Waals surface area contributed by atoms with Crippen molar-refractivity contribution in [3.8, 4) is 11.1 Å². The molecular formula is C28H36FN5O3. The molecule has 1 aromatic heterocycles. The van der Waals surface area contributed by atoms with Gasteiger partial charge in [0.05, 0.1) is 17.6 Å². The summed E-state index contributed by atoms with van der Waals surface area (Å²) in [5.41, 5.74) is 7.34. The number of carbonyl (C=O) groups is 3. The summed E-state index contributed by atoms with van der Waals surface area (Å²) in [7, 11) is 1.73. The average Bonchev–Trinajstić information content (AvgIpc) is 3.41. The molecule has 1 saturated carbocycles. The summed E-state index contributed by atoms with van der Waals surface area (Å²) in [4.78, 5) is 44.6. The van der Waals surface area contributed by atoms with Gasteiger partial charge in [0.25, 0.3) is 5.91 Å². The van der Waals surface area contributed by atoms with Gasteiger partial charge in [-0.25, -0.2) is 4.39 Å². The van der Waals surface area contributed by atoms with Crippen LogP contribution in [-0.2, 0) is 9.59 Å². The summed E-state index contributed by atoms with van der Waals surface area (Å²) < 4.78 is 14.0. The zero-order chi connectivity index (χ0) is 26.5. The molecule has 4 rings (SSSR count).